The van der Waals surface area contributed by atoms with E-state index in [1.54, 1.807) is 12.3 Å². The molecule has 0 bridgehead atoms. The number of aliphatic hydroxyl groups is 1. The maximum absolute atomic E-state index is 10.4. The summed E-state index contributed by atoms with van der Waals surface area (Å²) in [6.45, 7) is 5.90. The van der Waals surface area contributed by atoms with Crippen molar-refractivity contribution in [2.24, 2.45) is 4.99 Å². The highest BCUT2D eigenvalue weighted by Gasteiger charge is 2.24. The summed E-state index contributed by atoms with van der Waals surface area (Å²) in [5.74, 6) is 1.65. The third-order valence-corrected chi connectivity index (χ3v) is 6.19. The molecular weight excluding hydrogens is 523 g/mol. The molecule has 29 heavy (non-hydrogen) atoms. The molecule has 0 aromatic carbocycles. The maximum atomic E-state index is 10.4. The van der Waals surface area contributed by atoms with Crippen LogP contribution in [0.2, 0.25) is 4.34 Å². The van der Waals surface area contributed by atoms with Crippen LogP contribution in [-0.2, 0) is 0 Å². The van der Waals surface area contributed by atoms with Gasteiger partial charge in [-0.05, 0) is 57.1 Å². The summed E-state index contributed by atoms with van der Waals surface area (Å²) in [6, 6.07) is 7.75. The van der Waals surface area contributed by atoms with Crippen LogP contribution in [0.25, 0.3) is 0 Å². The molecule has 6 nitrogen and oxygen atoms in total. The van der Waals surface area contributed by atoms with Crippen LogP contribution in [-0.4, -0.2) is 48.7 Å². The van der Waals surface area contributed by atoms with Gasteiger partial charge in [0.25, 0.3) is 0 Å². The van der Waals surface area contributed by atoms with Gasteiger partial charge in [-0.3, -0.25) is 9.89 Å². The lowest BCUT2D eigenvalue weighted by atomic mass is 10.1. The fourth-order valence-electron chi connectivity index (χ4n) is 3.42. The van der Waals surface area contributed by atoms with Crippen molar-refractivity contribution in [3.05, 3.63) is 45.5 Å². The Hall–Kier alpha value is -0.810. The van der Waals surface area contributed by atoms with E-state index in [2.05, 4.69) is 15.5 Å². The topological polar surface area (TPSA) is 73.0 Å². The van der Waals surface area contributed by atoms with Crippen LogP contribution in [0.15, 0.2) is 39.9 Å². The summed E-state index contributed by atoms with van der Waals surface area (Å²) in [6.07, 6.45) is 4.83. The average Bonchev–Trinajstić information content (AvgIpc) is 3.39. The van der Waals surface area contributed by atoms with Crippen molar-refractivity contribution < 1.29 is 9.52 Å². The number of likely N-dealkylation sites (tertiary alicyclic amines) is 1. The molecule has 2 aromatic heterocycles. The Morgan fingerprint density at radius 1 is 1.28 bits per heavy atom. The van der Waals surface area contributed by atoms with E-state index in [1.807, 2.05) is 25.1 Å². The molecule has 0 aliphatic carbocycles. The second-order valence-corrected chi connectivity index (χ2v) is 8.63. The molecular formula is C20H30ClIN4O2S. The zero-order valence-corrected chi connectivity index (χ0v) is 20.5. The number of nitrogens with one attached hydrogen (secondary N) is 2. The summed E-state index contributed by atoms with van der Waals surface area (Å²) in [7, 11) is 0. The van der Waals surface area contributed by atoms with E-state index in [1.165, 1.54) is 30.6 Å². The molecule has 3 rings (SSSR count). The zero-order valence-electron chi connectivity index (χ0n) is 16.6. The van der Waals surface area contributed by atoms with E-state index in [4.69, 9.17) is 21.0 Å². The molecule has 1 aliphatic rings. The van der Waals surface area contributed by atoms with Crippen molar-refractivity contribution in [1.82, 2.24) is 15.5 Å². The number of halogens is 2. The van der Waals surface area contributed by atoms with Crippen LogP contribution in [0.5, 0.6) is 0 Å². The second-order valence-electron chi connectivity index (χ2n) is 6.89. The van der Waals surface area contributed by atoms with Crippen LogP contribution < -0.4 is 10.6 Å². The van der Waals surface area contributed by atoms with Crippen LogP contribution in [0.4, 0.5) is 0 Å². The summed E-state index contributed by atoms with van der Waals surface area (Å²) in [5.41, 5.74) is 0. The Bertz CT molecular complexity index is 735. The summed E-state index contributed by atoms with van der Waals surface area (Å²) < 4.78 is 6.37. The van der Waals surface area contributed by atoms with E-state index >= 15 is 0 Å². The van der Waals surface area contributed by atoms with Crippen LogP contribution in [0.1, 0.15) is 49.0 Å². The lowest BCUT2D eigenvalue weighted by Gasteiger charge is -2.32. The van der Waals surface area contributed by atoms with Crippen molar-refractivity contribution in [3.63, 3.8) is 0 Å². The molecule has 0 amide bonds. The van der Waals surface area contributed by atoms with Gasteiger partial charge in [-0.25, -0.2) is 0 Å². The number of guanidine groups is 1. The van der Waals surface area contributed by atoms with E-state index in [9.17, 15) is 5.11 Å². The van der Waals surface area contributed by atoms with Gasteiger partial charge in [0.2, 0.25) is 0 Å². The van der Waals surface area contributed by atoms with Gasteiger partial charge >= 0.3 is 0 Å². The molecule has 3 N–H and O–H groups in total. The fourth-order valence-corrected chi connectivity index (χ4v) is 4.46. The van der Waals surface area contributed by atoms with Crippen LogP contribution in [0, 0.1) is 0 Å². The third kappa shape index (κ3) is 7.43. The monoisotopic (exact) mass is 552 g/mol. The number of nitrogens with zero attached hydrogens (tertiary/aromatic N) is 2. The number of aliphatic hydroxyl groups excluding tert-OH is 1. The van der Waals surface area contributed by atoms with Crippen LogP contribution >= 0.6 is 46.9 Å². The summed E-state index contributed by atoms with van der Waals surface area (Å²) in [4.78, 5) is 8.07. The van der Waals surface area contributed by atoms with Crippen molar-refractivity contribution >= 4 is 52.9 Å². The predicted molar refractivity (Wildman–Crippen MR) is 131 cm³/mol. The first-order valence-corrected chi connectivity index (χ1v) is 11.1. The number of rotatable bonds is 8. The first-order valence-electron chi connectivity index (χ1n) is 9.90. The number of hydrogen-bond donors (Lipinski definition) is 3. The van der Waals surface area contributed by atoms with Crippen LogP contribution in [0.3, 0.4) is 0 Å². The van der Waals surface area contributed by atoms with Crippen molar-refractivity contribution in [2.45, 2.75) is 38.3 Å². The SMILES string of the molecule is CCNC(=NCC(c1ccco1)N1CCCCC1)NCC(O)c1ccc(Cl)s1.I. The van der Waals surface area contributed by atoms with Crippen molar-refractivity contribution in [1.29, 1.82) is 0 Å². The first-order chi connectivity index (χ1) is 13.7. The molecule has 3 heterocycles. The maximum Gasteiger partial charge on any atom is 0.191 e. The standard InChI is InChI=1S/C20H29ClN4O2S.HI/c1-2-22-20(24-14-16(26)18-8-9-19(21)28-18)23-13-15(17-7-6-12-27-17)25-10-4-3-5-11-25;/h6-9,12,15-16,26H,2-5,10-11,13-14H2,1H3,(H2,22,23,24);1H. The second kappa shape index (κ2) is 12.8. The number of aliphatic imine (C=N–C) groups is 1. The quantitative estimate of drug-likeness (QED) is 0.257. The normalized spacial score (nSPS) is 17.4. The van der Waals surface area contributed by atoms with E-state index in [-0.39, 0.29) is 30.0 Å². The van der Waals surface area contributed by atoms with Crippen molar-refractivity contribution in [3.8, 4) is 0 Å². The van der Waals surface area contributed by atoms with Gasteiger partial charge in [0.15, 0.2) is 5.96 Å². The zero-order chi connectivity index (χ0) is 19.8. The van der Waals surface area contributed by atoms with Gasteiger partial charge in [0, 0.05) is 18.0 Å². The molecule has 1 fully saturated rings. The number of hydrogen-bond acceptors (Lipinski definition) is 5. The molecule has 1 aliphatic heterocycles. The molecule has 1 saturated heterocycles. The Balaban J connectivity index is 0.00000300. The predicted octanol–water partition coefficient (Wildman–Crippen LogP) is 4.43. The van der Waals surface area contributed by atoms with Gasteiger partial charge in [-0.15, -0.1) is 35.3 Å². The minimum atomic E-state index is -0.621. The molecule has 0 radical (unpaired) electrons. The highest BCUT2D eigenvalue weighted by Crippen LogP contribution is 2.27. The van der Waals surface area contributed by atoms with Gasteiger partial charge < -0.3 is 20.2 Å². The molecule has 2 unspecified atom stereocenters. The van der Waals surface area contributed by atoms with Gasteiger partial charge in [-0.1, -0.05) is 18.0 Å². The summed E-state index contributed by atoms with van der Waals surface area (Å²) >= 11 is 7.35. The Labute approximate surface area is 198 Å². The fraction of sp³-hybridized carbons (Fsp3) is 0.550. The number of furan rings is 1. The van der Waals surface area contributed by atoms with E-state index < -0.39 is 6.10 Å². The Kier molecular flexibility index (Phi) is 10.8. The molecule has 2 aromatic rings. The number of thiophene rings is 1. The highest BCUT2D eigenvalue weighted by atomic mass is 127. The minimum absolute atomic E-state index is 0. The molecule has 0 spiro atoms. The average molecular weight is 553 g/mol. The Morgan fingerprint density at radius 3 is 2.69 bits per heavy atom. The van der Waals surface area contributed by atoms with Gasteiger partial charge in [-0.2, -0.15) is 0 Å². The molecule has 9 heteroatoms. The largest absolute Gasteiger partial charge is 0.468 e. The van der Waals surface area contributed by atoms with Gasteiger partial charge in [0.1, 0.15) is 11.9 Å². The lowest BCUT2D eigenvalue weighted by Crippen LogP contribution is -2.40. The van der Waals surface area contributed by atoms with Crippen molar-refractivity contribution in [2.75, 3.05) is 32.7 Å². The number of piperidine rings is 1. The Morgan fingerprint density at radius 2 is 2.07 bits per heavy atom. The summed E-state index contributed by atoms with van der Waals surface area (Å²) in [5, 5.41) is 16.9. The lowest BCUT2D eigenvalue weighted by molar-refractivity contribution is 0.150. The third-order valence-electron chi connectivity index (χ3n) is 4.85. The molecule has 0 saturated carbocycles. The smallest absolute Gasteiger partial charge is 0.191 e. The molecule has 162 valence electrons. The molecule has 2 atom stereocenters. The van der Waals surface area contributed by atoms with E-state index in [0.29, 0.717) is 23.4 Å². The highest BCUT2D eigenvalue weighted by molar-refractivity contribution is 14.0. The van der Waals surface area contributed by atoms with E-state index in [0.717, 1.165) is 30.3 Å². The first kappa shape index (κ1) is 24.5. The minimum Gasteiger partial charge on any atom is -0.468 e. The van der Waals surface area contributed by atoms with Gasteiger partial charge in [0.05, 0.1) is 23.2 Å².